The van der Waals surface area contributed by atoms with Crippen LogP contribution in [0.3, 0.4) is 0 Å². The van der Waals surface area contributed by atoms with Crippen molar-refractivity contribution < 1.29 is 9.90 Å². The summed E-state index contributed by atoms with van der Waals surface area (Å²) in [5, 5.41) is 28.3. The van der Waals surface area contributed by atoms with Crippen LogP contribution in [0.2, 0.25) is 0 Å². The maximum absolute atomic E-state index is 13.2. The fourth-order valence-corrected chi connectivity index (χ4v) is 6.01. The van der Waals surface area contributed by atoms with E-state index in [1.165, 1.54) is 6.20 Å². The van der Waals surface area contributed by atoms with Crippen LogP contribution in [0, 0.1) is 25.2 Å². The molecule has 1 saturated heterocycles. The second-order valence-corrected chi connectivity index (χ2v) is 11.1. The lowest BCUT2D eigenvalue weighted by Crippen LogP contribution is -2.38. The van der Waals surface area contributed by atoms with Gasteiger partial charge in [-0.3, -0.25) is 9.78 Å². The van der Waals surface area contributed by atoms with Crippen LogP contribution in [-0.2, 0) is 0 Å². The molecule has 4 aromatic heterocycles. The van der Waals surface area contributed by atoms with E-state index in [4.69, 9.17) is 15.3 Å². The zero-order valence-electron chi connectivity index (χ0n) is 23.3. The number of aliphatic hydroxyl groups is 1. The van der Waals surface area contributed by atoms with E-state index in [1.54, 1.807) is 12.1 Å². The smallest absolute Gasteiger partial charge is 0.253 e. The maximum Gasteiger partial charge on any atom is 0.253 e. The van der Waals surface area contributed by atoms with Crippen LogP contribution in [0.15, 0.2) is 36.7 Å². The quantitative estimate of drug-likeness (QED) is 0.370. The van der Waals surface area contributed by atoms with Gasteiger partial charge in [0.1, 0.15) is 11.9 Å². The molecule has 1 amide bonds. The van der Waals surface area contributed by atoms with Gasteiger partial charge in [0.05, 0.1) is 28.8 Å². The van der Waals surface area contributed by atoms with Crippen molar-refractivity contribution in [2.75, 3.05) is 18.4 Å². The molecule has 0 bridgehead atoms. The highest BCUT2D eigenvalue weighted by Gasteiger charge is 2.31. The van der Waals surface area contributed by atoms with Crippen molar-refractivity contribution in [1.82, 2.24) is 34.6 Å². The summed E-state index contributed by atoms with van der Waals surface area (Å²) in [5.74, 6) is 1.18. The predicted molar refractivity (Wildman–Crippen MR) is 153 cm³/mol. The monoisotopic (exact) mass is 551 g/mol. The lowest BCUT2D eigenvalue weighted by atomic mass is 9.92. The molecule has 2 N–H and O–H groups in total. The predicted octanol–water partition coefficient (Wildman–Crippen LogP) is 4.34. The fourth-order valence-electron chi connectivity index (χ4n) is 6.01. The first-order valence-electron chi connectivity index (χ1n) is 14.2. The van der Waals surface area contributed by atoms with Gasteiger partial charge in [-0.05, 0) is 76.6 Å². The van der Waals surface area contributed by atoms with Crippen LogP contribution in [0.4, 0.5) is 11.8 Å². The van der Waals surface area contributed by atoms with Crippen molar-refractivity contribution in [2.24, 2.45) is 0 Å². The van der Waals surface area contributed by atoms with E-state index in [0.717, 1.165) is 66.6 Å². The number of rotatable bonds is 5. The minimum absolute atomic E-state index is 0.0451. The average Bonchev–Trinajstić information content (AvgIpc) is 3.36. The number of carbonyl (C=O) groups excluding carboxylic acids is 1. The number of nitrogens with one attached hydrogen (secondary N) is 1. The number of hydrogen-bond acceptors (Lipinski definition) is 9. The normalized spacial score (nSPS) is 19.7. The highest BCUT2D eigenvalue weighted by Crippen LogP contribution is 2.36. The molecule has 11 heteroatoms. The number of pyridine rings is 2. The highest BCUT2D eigenvalue weighted by molar-refractivity contribution is 5.94. The van der Waals surface area contributed by atoms with Crippen molar-refractivity contribution in [3.05, 3.63) is 64.9 Å². The fraction of sp³-hybridized carbons (Fsp3) is 0.433. The SMILES string of the molecule is Cc1cc(C(=O)N2CCC(c3nn(C4CCC(O)CC4)c4nc(Nc5ccc(C#N)cn5)ncc34)CC2)cc(C)n1. The van der Waals surface area contributed by atoms with Crippen LogP contribution in [0.1, 0.15) is 83.5 Å². The van der Waals surface area contributed by atoms with Crippen molar-refractivity contribution in [3.63, 3.8) is 0 Å². The molecular weight excluding hydrogens is 518 g/mol. The van der Waals surface area contributed by atoms with Crippen LogP contribution >= 0.6 is 0 Å². The number of piperidine rings is 1. The second-order valence-electron chi connectivity index (χ2n) is 11.1. The molecule has 0 atom stereocenters. The topological polar surface area (TPSA) is 146 Å². The lowest BCUT2D eigenvalue weighted by molar-refractivity contribution is 0.0711. The largest absolute Gasteiger partial charge is 0.393 e. The van der Waals surface area contributed by atoms with Gasteiger partial charge in [0.25, 0.3) is 5.91 Å². The third kappa shape index (κ3) is 5.60. The molecule has 210 valence electrons. The summed E-state index contributed by atoms with van der Waals surface area (Å²) in [6.07, 6.45) is 7.81. The molecule has 1 aliphatic carbocycles. The third-order valence-electron chi connectivity index (χ3n) is 8.12. The number of hydrogen-bond donors (Lipinski definition) is 2. The first kappa shape index (κ1) is 26.8. The molecule has 41 heavy (non-hydrogen) atoms. The van der Waals surface area contributed by atoms with E-state index in [9.17, 15) is 9.90 Å². The molecule has 2 aliphatic rings. The number of aromatic nitrogens is 6. The van der Waals surface area contributed by atoms with E-state index in [0.29, 0.717) is 36.0 Å². The number of likely N-dealkylation sites (tertiary alicyclic amines) is 1. The number of nitrogens with zero attached hydrogens (tertiary/aromatic N) is 8. The van der Waals surface area contributed by atoms with Gasteiger partial charge in [-0.15, -0.1) is 0 Å². The molecule has 2 fully saturated rings. The van der Waals surface area contributed by atoms with Gasteiger partial charge < -0.3 is 15.3 Å². The molecule has 11 nitrogen and oxygen atoms in total. The van der Waals surface area contributed by atoms with Crippen molar-refractivity contribution in [3.8, 4) is 6.07 Å². The minimum Gasteiger partial charge on any atom is -0.393 e. The Morgan fingerprint density at radius 3 is 2.39 bits per heavy atom. The Morgan fingerprint density at radius 1 is 1.00 bits per heavy atom. The Balaban J connectivity index is 1.26. The van der Waals surface area contributed by atoms with Gasteiger partial charge in [-0.2, -0.15) is 15.3 Å². The van der Waals surface area contributed by atoms with Crippen LogP contribution in [-0.4, -0.2) is 64.8 Å². The number of carbonyl (C=O) groups is 1. The Labute approximate surface area is 238 Å². The second kappa shape index (κ2) is 11.2. The number of aliphatic hydroxyl groups excluding tert-OH is 1. The number of fused-ring (bicyclic) bond motifs is 1. The number of aryl methyl sites for hydroxylation is 2. The molecule has 0 radical (unpaired) electrons. The van der Waals surface area contributed by atoms with E-state index >= 15 is 0 Å². The first-order chi connectivity index (χ1) is 19.9. The Morgan fingerprint density at radius 2 is 1.73 bits per heavy atom. The summed E-state index contributed by atoms with van der Waals surface area (Å²) >= 11 is 0. The highest BCUT2D eigenvalue weighted by atomic mass is 16.3. The zero-order valence-corrected chi connectivity index (χ0v) is 23.3. The van der Waals surface area contributed by atoms with Gasteiger partial charge in [-0.1, -0.05) is 0 Å². The van der Waals surface area contributed by atoms with Crippen LogP contribution < -0.4 is 5.32 Å². The van der Waals surface area contributed by atoms with Crippen molar-refractivity contribution in [2.45, 2.75) is 70.4 Å². The van der Waals surface area contributed by atoms with Gasteiger partial charge in [0.15, 0.2) is 5.65 Å². The van der Waals surface area contributed by atoms with E-state index in [2.05, 4.69) is 26.3 Å². The minimum atomic E-state index is -0.267. The number of anilines is 2. The summed E-state index contributed by atoms with van der Waals surface area (Å²) in [6, 6.07) is 9.34. The maximum atomic E-state index is 13.2. The summed E-state index contributed by atoms with van der Waals surface area (Å²) in [6.45, 7) is 5.13. The molecule has 5 heterocycles. The van der Waals surface area contributed by atoms with E-state index < -0.39 is 0 Å². The number of amides is 1. The molecule has 0 aromatic carbocycles. The van der Waals surface area contributed by atoms with E-state index in [1.807, 2.05) is 41.8 Å². The van der Waals surface area contributed by atoms with Gasteiger partial charge in [0.2, 0.25) is 5.95 Å². The van der Waals surface area contributed by atoms with Gasteiger partial charge >= 0.3 is 0 Å². The summed E-state index contributed by atoms with van der Waals surface area (Å²) < 4.78 is 2.02. The van der Waals surface area contributed by atoms with Gasteiger partial charge in [0, 0.05) is 48.4 Å². The molecular formula is C30H33N9O2. The molecule has 1 aliphatic heterocycles. The lowest BCUT2D eigenvalue weighted by Gasteiger charge is -2.31. The summed E-state index contributed by atoms with van der Waals surface area (Å²) in [7, 11) is 0. The average molecular weight is 552 g/mol. The number of nitriles is 1. The van der Waals surface area contributed by atoms with Crippen molar-refractivity contribution in [1.29, 1.82) is 5.26 Å². The Kier molecular flexibility index (Phi) is 7.32. The van der Waals surface area contributed by atoms with Crippen LogP contribution in [0.25, 0.3) is 11.0 Å². The molecule has 1 saturated carbocycles. The van der Waals surface area contributed by atoms with Gasteiger partial charge in [-0.25, -0.2) is 14.6 Å². The molecule has 0 spiro atoms. The Bertz CT molecular complexity index is 1590. The van der Waals surface area contributed by atoms with E-state index in [-0.39, 0.29) is 24.0 Å². The van der Waals surface area contributed by atoms with Crippen LogP contribution in [0.5, 0.6) is 0 Å². The summed E-state index contributed by atoms with van der Waals surface area (Å²) in [4.78, 5) is 33.3. The molecule has 4 aromatic rings. The standard InChI is InChI=1S/C30H33N9O2/c1-18-13-22(14-19(2)34-18)29(41)38-11-9-21(10-12-38)27-25-17-33-30(35-26-8-3-20(15-31)16-32-26)36-28(25)39(37-27)23-4-6-24(40)7-5-23/h3,8,13-14,16-17,21,23-24,40H,4-7,9-12H2,1-2H3,(H,32,33,35,36). The zero-order chi connectivity index (χ0) is 28.5. The molecule has 0 unspecified atom stereocenters. The summed E-state index contributed by atoms with van der Waals surface area (Å²) in [5.41, 5.74) is 4.59. The third-order valence-corrected chi connectivity index (χ3v) is 8.12. The molecule has 6 rings (SSSR count). The first-order valence-corrected chi connectivity index (χ1v) is 14.2. The Hall–Kier alpha value is -4.43. The van der Waals surface area contributed by atoms with Crippen molar-refractivity contribution >= 4 is 28.7 Å².